The van der Waals surface area contributed by atoms with Gasteiger partial charge >= 0.3 is 0 Å². The highest BCUT2D eigenvalue weighted by molar-refractivity contribution is 5.80. The molecule has 1 aromatic carbocycles. The molecule has 0 saturated carbocycles. The molecule has 30 heavy (non-hydrogen) atoms. The Hall–Kier alpha value is -3.23. The Morgan fingerprint density at radius 3 is 3.03 bits per heavy atom. The van der Waals surface area contributed by atoms with Gasteiger partial charge in [-0.3, -0.25) is 5.10 Å². The van der Waals surface area contributed by atoms with Crippen molar-refractivity contribution in [2.24, 2.45) is 4.99 Å². The van der Waals surface area contributed by atoms with Crippen LogP contribution in [-0.4, -0.2) is 48.5 Å². The maximum absolute atomic E-state index is 4.79. The molecule has 1 aliphatic rings. The van der Waals surface area contributed by atoms with Crippen molar-refractivity contribution < 1.29 is 0 Å². The molecule has 3 N–H and O–H groups in total. The van der Waals surface area contributed by atoms with Gasteiger partial charge in [-0.2, -0.15) is 10.2 Å². The van der Waals surface area contributed by atoms with Crippen molar-refractivity contribution in [1.82, 2.24) is 40.6 Å². The van der Waals surface area contributed by atoms with Gasteiger partial charge in [-0.1, -0.05) is 32.0 Å². The molecule has 0 saturated heterocycles. The van der Waals surface area contributed by atoms with E-state index in [9.17, 15) is 0 Å². The van der Waals surface area contributed by atoms with Crippen LogP contribution in [0.15, 0.2) is 35.6 Å². The van der Waals surface area contributed by atoms with Crippen molar-refractivity contribution in [1.29, 1.82) is 0 Å². The van der Waals surface area contributed by atoms with Gasteiger partial charge in [0.05, 0.1) is 13.1 Å². The smallest absolute Gasteiger partial charge is 0.191 e. The first kappa shape index (κ1) is 20.1. The molecule has 0 fully saturated rings. The zero-order valence-corrected chi connectivity index (χ0v) is 17.8. The number of aromatic nitrogens is 6. The number of guanidine groups is 1. The number of aromatic amines is 1. The summed E-state index contributed by atoms with van der Waals surface area (Å²) in [6.45, 7) is 8.53. The van der Waals surface area contributed by atoms with Gasteiger partial charge in [0.1, 0.15) is 12.2 Å². The molecule has 2 aromatic heterocycles. The second kappa shape index (κ2) is 9.06. The maximum atomic E-state index is 4.79. The van der Waals surface area contributed by atoms with Gasteiger partial charge in [-0.05, 0) is 25.0 Å². The fourth-order valence-corrected chi connectivity index (χ4v) is 3.54. The van der Waals surface area contributed by atoms with E-state index in [1.807, 2.05) is 16.8 Å². The Bertz CT molecular complexity index is 988. The van der Waals surface area contributed by atoms with Gasteiger partial charge in [0.2, 0.25) is 0 Å². The summed E-state index contributed by atoms with van der Waals surface area (Å²) in [5.41, 5.74) is 2.12. The topological polar surface area (TPSA) is 109 Å². The standard InChI is InChI=1S/C21H29N9/c1-4-22-21(23-11-15-6-5-7-16(10-15)20-24-13-25-28-20)26-17-8-9-18-27-19(14(2)3)29-30(18)12-17/h5-7,10,13-14,17H,4,8-9,11-12H2,1-3H3,(H2,22,23,26)(H,24,25,28). The van der Waals surface area contributed by atoms with Gasteiger partial charge in [0.25, 0.3) is 0 Å². The van der Waals surface area contributed by atoms with E-state index in [4.69, 9.17) is 4.99 Å². The molecule has 4 rings (SSSR count). The quantitative estimate of drug-likeness (QED) is 0.427. The Kier molecular flexibility index (Phi) is 6.06. The highest BCUT2D eigenvalue weighted by Gasteiger charge is 2.23. The van der Waals surface area contributed by atoms with E-state index in [1.165, 1.54) is 6.33 Å². The summed E-state index contributed by atoms with van der Waals surface area (Å²) in [6, 6.07) is 8.47. The van der Waals surface area contributed by atoms with Crippen molar-refractivity contribution in [3.05, 3.63) is 47.8 Å². The van der Waals surface area contributed by atoms with Crippen LogP contribution in [-0.2, 0) is 19.5 Å². The van der Waals surface area contributed by atoms with Crippen LogP contribution in [0.4, 0.5) is 0 Å². The van der Waals surface area contributed by atoms with E-state index in [0.29, 0.717) is 12.5 Å². The van der Waals surface area contributed by atoms with Crippen LogP contribution in [0, 0.1) is 0 Å². The Morgan fingerprint density at radius 1 is 1.37 bits per heavy atom. The van der Waals surface area contributed by atoms with E-state index >= 15 is 0 Å². The number of aliphatic imine (C=N–C) groups is 1. The third-order valence-corrected chi connectivity index (χ3v) is 5.11. The van der Waals surface area contributed by atoms with Crippen LogP contribution in [0.1, 0.15) is 50.3 Å². The lowest BCUT2D eigenvalue weighted by molar-refractivity contribution is 0.391. The minimum atomic E-state index is 0.275. The lowest BCUT2D eigenvalue weighted by Crippen LogP contribution is -2.47. The van der Waals surface area contributed by atoms with E-state index in [0.717, 1.165) is 60.5 Å². The first-order valence-corrected chi connectivity index (χ1v) is 10.6. The van der Waals surface area contributed by atoms with Crippen molar-refractivity contribution in [3.63, 3.8) is 0 Å². The molecule has 1 aliphatic heterocycles. The summed E-state index contributed by atoms with van der Waals surface area (Å²) in [7, 11) is 0. The molecule has 3 aromatic rings. The molecule has 0 radical (unpaired) electrons. The average Bonchev–Trinajstić information content (AvgIpc) is 3.42. The van der Waals surface area contributed by atoms with Gasteiger partial charge in [0, 0.05) is 30.5 Å². The number of aryl methyl sites for hydroxylation is 1. The normalized spacial score (nSPS) is 16.5. The molecule has 0 aliphatic carbocycles. The van der Waals surface area contributed by atoms with Crippen molar-refractivity contribution in [3.8, 4) is 11.4 Å². The summed E-state index contributed by atoms with van der Waals surface area (Å²) in [5.74, 6) is 3.94. The summed E-state index contributed by atoms with van der Waals surface area (Å²) < 4.78 is 2.04. The van der Waals surface area contributed by atoms with Crippen LogP contribution in [0.2, 0.25) is 0 Å². The third kappa shape index (κ3) is 4.67. The van der Waals surface area contributed by atoms with E-state index in [2.05, 4.69) is 68.8 Å². The Balaban J connectivity index is 1.42. The predicted octanol–water partition coefficient (Wildman–Crippen LogP) is 2.26. The summed E-state index contributed by atoms with van der Waals surface area (Å²) in [6.07, 6.45) is 3.46. The van der Waals surface area contributed by atoms with Crippen LogP contribution < -0.4 is 10.6 Å². The monoisotopic (exact) mass is 407 g/mol. The molecule has 0 spiro atoms. The van der Waals surface area contributed by atoms with Gasteiger partial charge < -0.3 is 10.6 Å². The molecule has 1 unspecified atom stereocenters. The zero-order valence-electron chi connectivity index (χ0n) is 17.8. The first-order valence-electron chi connectivity index (χ1n) is 10.6. The molecular formula is C21H29N9. The molecule has 0 bridgehead atoms. The number of fused-ring (bicyclic) bond motifs is 1. The second-order valence-corrected chi connectivity index (χ2v) is 7.83. The molecule has 158 valence electrons. The molecule has 9 heteroatoms. The fourth-order valence-electron chi connectivity index (χ4n) is 3.54. The highest BCUT2D eigenvalue weighted by atomic mass is 15.4. The molecule has 0 amide bonds. The lowest BCUT2D eigenvalue weighted by Gasteiger charge is -2.25. The van der Waals surface area contributed by atoms with Crippen LogP contribution in [0.5, 0.6) is 0 Å². The number of nitrogens with one attached hydrogen (secondary N) is 3. The molecule has 3 heterocycles. The number of rotatable bonds is 6. The van der Waals surface area contributed by atoms with E-state index in [1.54, 1.807) is 0 Å². The number of nitrogens with zero attached hydrogens (tertiary/aromatic N) is 6. The van der Waals surface area contributed by atoms with E-state index in [-0.39, 0.29) is 6.04 Å². The lowest BCUT2D eigenvalue weighted by atomic mass is 10.1. The number of hydrogen-bond donors (Lipinski definition) is 3. The fraction of sp³-hybridized carbons (Fsp3) is 0.476. The maximum Gasteiger partial charge on any atom is 0.191 e. The summed E-state index contributed by atoms with van der Waals surface area (Å²) >= 11 is 0. The van der Waals surface area contributed by atoms with Crippen LogP contribution >= 0.6 is 0 Å². The Morgan fingerprint density at radius 2 is 2.27 bits per heavy atom. The number of hydrogen-bond acceptors (Lipinski definition) is 5. The first-order chi connectivity index (χ1) is 14.6. The summed E-state index contributed by atoms with van der Waals surface area (Å²) in [5, 5.41) is 18.4. The van der Waals surface area contributed by atoms with Crippen LogP contribution in [0.25, 0.3) is 11.4 Å². The number of benzene rings is 1. The molecule has 1 atom stereocenters. The van der Waals surface area contributed by atoms with Gasteiger partial charge in [-0.15, -0.1) is 0 Å². The minimum Gasteiger partial charge on any atom is -0.357 e. The van der Waals surface area contributed by atoms with Gasteiger partial charge in [-0.25, -0.2) is 19.6 Å². The van der Waals surface area contributed by atoms with Gasteiger partial charge in [0.15, 0.2) is 17.6 Å². The average molecular weight is 408 g/mol. The van der Waals surface area contributed by atoms with Crippen molar-refractivity contribution in [2.75, 3.05) is 6.54 Å². The van der Waals surface area contributed by atoms with Crippen LogP contribution in [0.3, 0.4) is 0 Å². The zero-order chi connectivity index (χ0) is 20.9. The van der Waals surface area contributed by atoms with Crippen molar-refractivity contribution >= 4 is 5.96 Å². The SMILES string of the molecule is CCNC(=NCc1cccc(-c2ncn[nH]2)c1)NC1CCc2nc(C(C)C)nn2C1. The van der Waals surface area contributed by atoms with Crippen molar-refractivity contribution in [2.45, 2.75) is 58.7 Å². The molecule has 9 nitrogen and oxygen atoms in total. The minimum absolute atomic E-state index is 0.275. The molecular weight excluding hydrogens is 378 g/mol. The Labute approximate surface area is 176 Å². The second-order valence-electron chi connectivity index (χ2n) is 7.83. The summed E-state index contributed by atoms with van der Waals surface area (Å²) in [4.78, 5) is 13.7. The number of H-pyrrole nitrogens is 1. The largest absolute Gasteiger partial charge is 0.357 e. The van der Waals surface area contributed by atoms with E-state index < -0.39 is 0 Å². The third-order valence-electron chi connectivity index (χ3n) is 5.11. The highest BCUT2D eigenvalue weighted by Crippen LogP contribution is 2.18. The predicted molar refractivity (Wildman–Crippen MR) is 116 cm³/mol.